The topological polar surface area (TPSA) is 93.5 Å². The number of carbonyl (C=O) groups excluding carboxylic acids is 1. The lowest BCUT2D eigenvalue weighted by Gasteiger charge is -2.09. The molecule has 0 radical (unpaired) electrons. The Labute approximate surface area is 104 Å². The lowest BCUT2D eigenvalue weighted by molar-refractivity contribution is -0.384. The average Bonchev–Trinajstić information content (AvgIpc) is 2.32. The Morgan fingerprint density at radius 2 is 2.22 bits per heavy atom. The minimum atomic E-state index is -0.507. The maximum Gasteiger partial charge on any atom is 0.319 e. The van der Waals surface area contributed by atoms with Gasteiger partial charge in [0.05, 0.1) is 17.2 Å². The fourth-order valence-electron chi connectivity index (χ4n) is 1.29. The van der Waals surface area contributed by atoms with E-state index in [1.165, 1.54) is 19.2 Å². The number of ether oxygens (including phenoxy) is 1. The van der Waals surface area contributed by atoms with Crippen LogP contribution in [0.2, 0.25) is 0 Å². The van der Waals surface area contributed by atoms with Gasteiger partial charge in [0.2, 0.25) is 0 Å². The summed E-state index contributed by atoms with van der Waals surface area (Å²) >= 11 is 0. The number of nitro benzene ring substituents is 1. The van der Waals surface area contributed by atoms with Crippen LogP contribution in [0.4, 0.5) is 16.2 Å². The van der Waals surface area contributed by atoms with Crippen LogP contribution in [0.3, 0.4) is 0 Å². The Morgan fingerprint density at radius 1 is 1.50 bits per heavy atom. The van der Waals surface area contributed by atoms with Crippen LogP contribution in [-0.2, 0) is 4.74 Å². The summed E-state index contributed by atoms with van der Waals surface area (Å²) < 4.78 is 4.78. The smallest absolute Gasteiger partial charge is 0.319 e. The molecule has 2 amide bonds. The molecule has 0 bridgehead atoms. The lowest BCUT2D eigenvalue weighted by atomic mass is 10.2. The number of aryl methyl sites for hydroxylation is 1. The third-order valence-electron chi connectivity index (χ3n) is 2.27. The predicted octanol–water partition coefficient (Wildman–Crippen LogP) is 1.67. The fraction of sp³-hybridized carbons (Fsp3) is 0.364. The van der Waals surface area contributed by atoms with Gasteiger partial charge in [-0.2, -0.15) is 0 Å². The SMILES string of the molecule is COCCNC(=O)Nc1cc([N+](=O)[O-])ccc1C. The Kier molecular flexibility index (Phi) is 5.06. The summed E-state index contributed by atoms with van der Waals surface area (Å²) in [5.41, 5.74) is 1.11. The van der Waals surface area contributed by atoms with Crippen LogP contribution in [0.5, 0.6) is 0 Å². The number of amides is 2. The largest absolute Gasteiger partial charge is 0.383 e. The quantitative estimate of drug-likeness (QED) is 0.474. The van der Waals surface area contributed by atoms with Crippen molar-refractivity contribution < 1.29 is 14.5 Å². The van der Waals surface area contributed by atoms with E-state index < -0.39 is 11.0 Å². The number of nitrogens with one attached hydrogen (secondary N) is 2. The van der Waals surface area contributed by atoms with Crippen LogP contribution < -0.4 is 10.6 Å². The van der Waals surface area contributed by atoms with Crippen molar-refractivity contribution in [2.45, 2.75) is 6.92 Å². The van der Waals surface area contributed by atoms with E-state index >= 15 is 0 Å². The first-order valence-corrected chi connectivity index (χ1v) is 5.33. The number of benzene rings is 1. The highest BCUT2D eigenvalue weighted by molar-refractivity contribution is 5.90. The number of hydrogen-bond donors (Lipinski definition) is 2. The highest BCUT2D eigenvalue weighted by atomic mass is 16.6. The maximum absolute atomic E-state index is 11.5. The number of hydrogen-bond acceptors (Lipinski definition) is 4. The summed E-state index contributed by atoms with van der Waals surface area (Å²) in [6.07, 6.45) is 0. The summed E-state index contributed by atoms with van der Waals surface area (Å²) in [4.78, 5) is 21.6. The molecule has 0 atom stereocenters. The molecule has 2 N–H and O–H groups in total. The van der Waals surface area contributed by atoms with Gasteiger partial charge in [-0.05, 0) is 12.5 Å². The summed E-state index contributed by atoms with van der Waals surface area (Å²) in [5.74, 6) is 0. The molecule has 0 aliphatic carbocycles. The Hall–Kier alpha value is -2.15. The average molecular weight is 253 g/mol. The number of nitrogens with zero attached hydrogens (tertiary/aromatic N) is 1. The molecule has 0 saturated carbocycles. The Morgan fingerprint density at radius 3 is 2.83 bits per heavy atom. The van der Waals surface area contributed by atoms with E-state index in [2.05, 4.69) is 10.6 Å². The zero-order chi connectivity index (χ0) is 13.5. The molecule has 0 heterocycles. The fourth-order valence-corrected chi connectivity index (χ4v) is 1.29. The molecule has 7 nitrogen and oxygen atoms in total. The summed E-state index contributed by atoms with van der Waals surface area (Å²) in [7, 11) is 1.53. The van der Waals surface area contributed by atoms with Crippen LogP contribution in [-0.4, -0.2) is 31.2 Å². The maximum atomic E-state index is 11.5. The lowest BCUT2D eigenvalue weighted by Crippen LogP contribution is -2.31. The van der Waals surface area contributed by atoms with Crippen molar-refractivity contribution in [2.75, 3.05) is 25.6 Å². The molecule has 1 aromatic rings. The number of urea groups is 1. The minimum Gasteiger partial charge on any atom is -0.383 e. The van der Waals surface area contributed by atoms with E-state index in [4.69, 9.17) is 4.74 Å². The summed E-state index contributed by atoms with van der Waals surface area (Å²) in [6, 6.07) is 3.88. The van der Waals surface area contributed by atoms with E-state index in [1.54, 1.807) is 13.0 Å². The van der Waals surface area contributed by atoms with E-state index in [-0.39, 0.29) is 5.69 Å². The first-order valence-electron chi connectivity index (χ1n) is 5.33. The standard InChI is InChI=1S/C11H15N3O4/c1-8-3-4-9(14(16)17)7-10(8)13-11(15)12-5-6-18-2/h3-4,7H,5-6H2,1-2H3,(H2,12,13,15). The molecular weight excluding hydrogens is 238 g/mol. The van der Waals surface area contributed by atoms with Crippen molar-refractivity contribution in [1.29, 1.82) is 0 Å². The van der Waals surface area contributed by atoms with Crippen LogP contribution in [0.1, 0.15) is 5.56 Å². The number of nitro groups is 1. The van der Waals surface area contributed by atoms with Crippen molar-refractivity contribution in [3.05, 3.63) is 33.9 Å². The van der Waals surface area contributed by atoms with Crippen molar-refractivity contribution >= 4 is 17.4 Å². The van der Waals surface area contributed by atoms with Crippen LogP contribution >= 0.6 is 0 Å². The van der Waals surface area contributed by atoms with Gasteiger partial charge in [0.15, 0.2) is 0 Å². The summed E-state index contributed by atoms with van der Waals surface area (Å²) in [5, 5.41) is 15.7. The van der Waals surface area contributed by atoms with Gasteiger partial charge in [-0.3, -0.25) is 10.1 Å². The molecule has 7 heteroatoms. The van der Waals surface area contributed by atoms with Crippen molar-refractivity contribution in [3.8, 4) is 0 Å². The van der Waals surface area contributed by atoms with Gasteiger partial charge in [-0.1, -0.05) is 6.07 Å². The number of carbonyl (C=O) groups is 1. The second-order valence-electron chi connectivity index (χ2n) is 3.63. The Bertz CT molecular complexity index is 448. The number of anilines is 1. The van der Waals surface area contributed by atoms with E-state index in [0.29, 0.717) is 18.8 Å². The molecule has 1 aromatic carbocycles. The van der Waals surface area contributed by atoms with Crippen LogP contribution in [0, 0.1) is 17.0 Å². The van der Waals surface area contributed by atoms with Gasteiger partial charge in [0, 0.05) is 25.8 Å². The molecule has 0 fully saturated rings. The van der Waals surface area contributed by atoms with E-state index in [1.807, 2.05) is 0 Å². The van der Waals surface area contributed by atoms with Gasteiger partial charge in [-0.15, -0.1) is 0 Å². The zero-order valence-electron chi connectivity index (χ0n) is 10.2. The third kappa shape index (κ3) is 4.02. The normalized spacial score (nSPS) is 9.89. The molecule has 0 unspecified atom stereocenters. The molecule has 0 spiro atoms. The minimum absolute atomic E-state index is 0.0622. The molecule has 1 rings (SSSR count). The number of methoxy groups -OCH3 is 1. The molecule has 18 heavy (non-hydrogen) atoms. The molecule has 0 aliphatic heterocycles. The van der Waals surface area contributed by atoms with Gasteiger partial charge in [-0.25, -0.2) is 4.79 Å². The molecular formula is C11H15N3O4. The highest BCUT2D eigenvalue weighted by Gasteiger charge is 2.10. The van der Waals surface area contributed by atoms with Gasteiger partial charge < -0.3 is 15.4 Å². The van der Waals surface area contributed by atoms with Gasteiger partial charge in [0.25, 0.3) is 5.69 Å². The monoisotopic (exact) mass is 253 g/mol. The second-order valence-corrected chi connectivity index (χ2v) is 3.63. The van der Waals surface area contributed by atoms with Crippen LogP contribution in [0.15, 0.2) is 18.2 Å². The number of non-ortho nitro benzene ring substituents is 1. The van der Waals surface area contributed by atoms with Crippen LogP contribution in [0.25, 0.3) is 0 Å². The summed E-state index contributed by atoms with van der Waals surface area (Å²) in [6.45, 7) is 2.53. The van der Waals surface area contributed by atoms with Crippen molar-refractivity contribution in [2.24, 2.45) is 0 Å². The predicted molar refractivity (Wildman–Crippen MR) is 66.7 cm³/mol. The third-order valence-corrected chi connectivity index (χ3v) is 2.27. The zero-order valence-corrected chi connectivity index (χ0v) is 10.2. The van der Waals surface area contributed by atoms with Crippen molar-refractivity contribution in [1.82, 2.24) is 5.32 Å². The highest BCUT2D eigenvalue weighted by Crippen LogP contribution is 2.21. The number of rotatable bonds is 5. The molecule has 0 saturated heterocycles. The second kappa shape index (κ2) is 6.55. The Balaban J connectivity index is 2.68. The first kappa shape index (κ1) is 13.9. The molecule has 0 aromatic heterocycles. The van der Waals surface area contributed by atoms with E-state index in [0.717, 1.165) is 5.56 Å². The van der Waals surface area contributed by atoms with Gasteiger partial charge in [0.1, 0.15) is 0 Å². The molecule has 98 valence electrons. The molecule has 0 aliphatic rings. The van der Waals surface area contributed by atoms with Gasteiger partial charge >= 0.3 is 6.03 Å². The van der Waals surface area contributed by atoms with Crippen molar-refractivity contribution in [3.63, 3.8) is 0 Å². The first-order chi connectivity index (χ1) is 8.54. The van der Waals surface area contributed by atoms with E-state index in [9.17, 15) is 14.9 Å².